The van der Waals surface area contributed by atoms with Gasteiger partial charge < -0.3 is 14.7 Å². The molecule has 2 atom stereocenters. The molecule has 0 aromatic heterocycles. The van der Waals surface area contributed by atoms with Crippen molar-refractivity contribution in [3.63, 3.8) is 0 Å². The Hall–Kier alpha value is -1.10. The maximum absolute atomic E-state index is 10.0. The third-order valence-electron chi connectivity index (χ3n) is 7.05. The van der Waals surface area contributed by atoms with Crippen LogP contribution in [0.25, 0.3) is 0 Å². The molecule has 0 aliphatic carbocycles. The van der Waals surface area contributed by atoms with Gasteiger partial charge in [-0.25, -0.2) is 0 Å². The standard InChI is InChI=1S/C21H32N2O2/c1-16-4-3-5-20(17(16)2)22-9-6-19(7-10-22)23-12-18-8-11-25-15-21(18,13-23)14-24/h3-5,18-19,24H,6-15H2,1-2H3/t18-,21+/m0/s1. The Morgan fingerprint density at radius 3 is 2.72 bits per heavy atom. The number of fused-ring (bicyclic) bond motifs is 1. The summed E-state index contributed by atoms with van der Waals surface area (Å²) in [6.45, 7) is 10.8. The Morgan fingerprint density at radius 2 is 2.00 bits per heavy atom. The molecule has 3 heterocycles. The summed E-state index contributed by atoms with van der Waals surface area (Å²) in [5.74, 6) is 0.614. The number of rotatable bonds is 3. The number of anilines is 1. The molecule has 25 heavy (non-hydrogen) atoms. The van der Waals surface area contributed by atoms with Gasteiger partial charge in [0.05, 0.1) is 13.2 Å². The van der Waals surface area contributed by atoms with E-state index in [0.29, 0.717) is 12.0 Å². The highest BCUT2D eigenvalue weighted by atomic mass is 16.5. The number of piperidine rings is 1. The lowest BCUT2D eigenvalue weighted by Crippen LogP contribution is -2.46. The molecule has 3 saturated heterocycles. The summed E-state index contributed by atoms with van der Waals surface area (Å²) < 4.78 is 5.72. The summed E-state index contributed by atoms with van der Waals surface area (Å²) in [4.78, 5) is 5.23. The molecule has 0 radical (unpaired) electrons. The summed E-state index contributed by atoms with van der Waals surface area (Å²) in [5.41, 5.74) is 4.22. The lowest BCUT2D eigenvalue weighted by atomic mass is 9.76. The summed E-state index contributed by atoms with van der Waals surface area (Å²) in [5, 5.41) is 10.0. The van der Waals surface area contributed by atoms with Gasteiger partial charge >= 0.3 is 0 Å². The Morgan fingerprint density at radius 1 is 1.20 bits per heavy atom. The molecule has 1 aromatic rings. The zero-order valence-corrected chi connectivity index (χ0v) is 15.7. The zero-order chi connectivity index (χ0) is 17.4. The zero-order valence-electron chi connectivity index (χ0n) is 15.7. The quantitative estimate of drug-likeness (QED) is 0.914. The van der Waals surface area contributed by atoms with E-state index in [4.69, 9.17) is 4.74 Å². The largest absolute Gasteiger partial charge is 0.396 e. The lowest BCUT2D eigenvalue weighted by molar-refractivity contribution is -0.0566. The number of aliphatic hydroxyl groups is 1. The normalized spacial score (nSPS) is 31.3. The van der Waals surface area contributed by atoms with Crippen molar-refractivity contribution in [2.24, 2.45) is 11.3 Å². The van der Waals surface area contributed by atoms with Gasteiger partial charge in [0.15, 0.2) is 0 Å². The van der Waals surface area contributed by atoms with Crippen LogP contribution in [-0.2, 0) is 4.74 Å². The number of ether oxygens (including phenoxy) is 1. The van der Waals surface area contributed by atoms with Crippen molar-refractivity contribution in [2.75, 3.05) is 50.9 Å². The fourth-order valence-electron chi connectivity index (χ4n) is 5.19. The van der Waals surface area contributed by atoms with E-state index in [0.717, 1.165) is 45.8 Å². The number of likely N-dealkylation sites (tertiary alicyclic amines) is 1. The predicted molar refractivity (Wildman–Crippen MR) is 101 cm³/mol. The second-order valence-electron chi connectivity index (χ2n) is 8.43. The number of hydrogen-bond donors (Lipinski definition) is 1. The van der Waals surface area contributed by atoms with E-state index in [2.05, 4.69) is 41.8 Å². The Kier molecular flexibility index (Phi) is 4.78. The third kappa shape index (κ3) is 3.09. The molecular weight excluding hydrogens is 312 g/mol. The van der Waals surface area contributed by atoms with Crippen LogP contribution in [0.15, 0.2) is 18.2 Å². The van der Waals surface area contributed by atoms with Gasteiger partial charge in [0.2, 0.25) is 0 Å². The molecular formula is C21H32N2O2. The van der Waals surface area contributed by atoms with Crippen molar-refractivity contribution < 1.29 is 9.84 Å². The highest BCUT2D eigenvalue weighted by molar-refractivity contribution is 5.56. The first kappa shape index (κ1) is 17.3. The van der Waals surface area contributed by atoms with Crippen LogP contribution in [0.1, 0.15) is 30.4 Å². The fourth-order valence-corrected chi connectivity index (χ4v) is 5.19. The molecule has 0 bridgehead atoms. The smallest absolute Gasteiger partial charge is 0.0559 e. The van der Waals surface area contributed by atoms with E-state index >= 15 is 0 Å². The molecule has 138 valence electrons. The maximum atomic E-state index is 10.0. The second-order valence-corrected chi connectivity index (χ2v) is 8.43. The van der Waals surface area contributed by atoms with E-state index in [1.165, 1.54) is 29.7 Å². The lowest BCUT2D eigenvalue weighted by Gasteiger charge is -2.39. The first-order chi connectivity index (χ1) is 12.1. The summed E-state index contributed by atoms with van der Waals surface area (Å²) in [6, 6.07) is 7.31. The maximum Gasteiger partial charge on any atom is 0.0559 e. The van der Waals surface area contributed by atoms with Crippen molar-refractivity contribution in [1.82, 2.24) is 4.90 Å². The molecule has 4 heteroatoms. The van der Waals surface area contributed by atoms with Crippen molar-refractivity contribution in [1.29, 1.82) is 0 Å². The SMILES string of the molecule is Cc1cccc(N2CCC(N3C[C@@H]4CCOC[C@]4(CO)C3)CC2)c1C. The molecule has 1 N–H and O–H groups in total. The van der Waals surface area contributed by atoms with Crippen LogP contribution in [0.3, 0.4) is 0 Å². The van der Waals surface area contributed by atoms with E-state index in [9.17, 15) is 5.11 Å². The molecule has 3 fully saturated rings. The predicted octanol–water partition coefficient (Wildman–Crippen LogP) is 2.60. The molecule has 4 nitrogen and oxygen atoms in total. The Bertz CT molecular complexity index is 612. The summed E-state index contributed by atoms with van der Waals surface area (Å²) in [6.07, 6.45) is 3.56. The van der Waals surface area contributed by atoms with Crippen LogP contribution in [0.5, 0.6) is 0 Å². The van der Waals surface area contributed by atoms with E-state index in [-0.39, 0.29) is 12.0 Å². The molecule has 0 amide bonds. The first-order valence-corrected chi connectivity index (χ1v) is 9.87. The molecule has 0 spiro atoms. The van der Waals surface area contributed by atoms with Crippen molar-refractivity contribution >= 4 is 5.69 Å². The van der Waals surface area contributed by atoms with Crippen molar-refractivity contribution in [3.8, 4) is 0 Å². The van der Waals surface area contributed by atoms with Gasteiger partial charge in [-0.3, -0.25) is 4.90 Å². The van der Waals surface area contributed by atoms with Crippen LogP contribution in [0.2, 0.25) is 0 Å². The molecule has 3 aliphatic rings. The Labute approximate surface area is 151 Å². The average Bonchev–Trinajstić information content (AvgIpc) is 3.04. The van der Waals surface area contributed by atoms with E-state index in [1.807, 2.05) is 0 Å². The average molecular weight is 344 g/mol. The van der Waals surface area contributed by atoms with E-state index < -0.39 is 0 Å². The molecule has 0 unspecified atom stereocenters. The highest BCUT2D eigenvalue weighted by Gasteiger charge is 2.49. The van der Waals surface area contributed by atoms with Crippen molar-refractivity contribution in [2.45, 2.75) is 39.2 Å². The number of aliphatic hydroxyl groups excluding tert-OH is 1. The molecule has 4 rings (SSSR count). The minimum absolute atomic E-state index is 0.00249. The second kappa shape index (κ2) is 6.90. The van der Waals surface area contributed by atoms with Gasteiger partial charge in [-0.2, -0.15) is 0 Å². The van der Waals surface area contributed by atoms with Crippen LogP contribution in [0.4, 0.5) is 5.69 Å². The van der Waals surface area contributed by atoms with Crippen LogP contribution in [-0.4, -0.2) is 62.0 Å². The van der Waals surface area contributed by atoms with Gasteiger partial charge in [0, 0.05) is 49.9 Å². The summed E-state index contributed by atoms with van der Waals surface area (Å²) >= 11 is 0. The monoisotopic (exact) mass is 344 g/mol. The van der Waals surface area contributed by atoms with Crippen LogP contribution < -0.4 is 4.90 Å². The van der Waals surface area contributed by atoms with Crippen LogP contribution in [0, 0.1) is 25.2 Å². The number of hydrogen-bond acceptors (Lipinski definition) is 4. The first-order valence-electron chi connectivity index (χ1n) is 9.87. The summed E-state index contributed by atoms with van der Waals surface area (Å²) in [7, 11) is 0. The Balaban J connectivity index is 1.40. The number of benzene rings is 1. The van der Waals surface area contributed by atoms with E-state index in [1.54, 1.807) is 0 Å². The van der Waals surface area contributed by atoms with Gasteiger partial charge in [-0.05, 0) is 56.2 Å². The van der Waals surface area contributed by atoms with Crippen molar-refractivity contribution in [3.05, 3.63) is 29.3 Å². The molecule has 0 saturated carbocycles. The fraction of sp³-hybridized carbons (Fsp3) is 0.714. The van der Waals surface area contributed by atoms with Gasteiger partial charge in [-0.1, -0.05) is 12.1 Å². The number of nitrogens with zero attached hydrogens (tertiary/aromatic N) is 2. The minimum atomic E-state index is 0.00249. The van der Waals surface area contributed by atoms with Gasteiger partial charge in [-0.15, -0.1) is 0 Å². The van der Waals surface area contributed by atoms with Gasteiger partial charge in [0.1, 0.15) is 0 Å². The van der Waals surface area contributed by atoms with Crippen LogP contribution >= 0.6 is 0 Å². The highest BCUT2D eigenvalue weighted by Crippen LogP contribution is 2.42. The molecule has 3 aliphatic heterocycles. The minimum Gasteiger partial charge on any atom is -0.396 e. The number of aryl methyl sites for hydroxylation is 1. The topological polar surface area (TPSA) is 35.9 Å². The molecule has 1 aromatic carbocycles. The van der Waals surface area contributed by atoms with Gasteiger partial charge in [0.25, 0.3) is 0 Å². The third-order valence-corrected chi connectivity index (χ3v) is 7.05.